The largest absolute Gasteiger partial charge is 0.496 e. The molecule has 4 nitrogen and oxygen atoms in total. The van der Waals surface area contributed by atoms with Gasteiger partial charge in [0.05, 0.1) is 14.2 Å². The van der Waals surface area contributed by atoms with Gasteiger partial charge in [-0.3, -0.25) is 0 Å². The Morgan fingerprint density at radius 3 is 2.10 bits per heavy atom. The number of ether oxygens (including phenoxy) is 2. The highest BCUT2D eigenvalue weighted by atomic mass is 16.5. The molecule has 0 aliphatic heterocycles. The van der Waals surface area contributed by atoms with E-state index in [1.165, 1.54) is 0 Å². The highest BCUT2D eigenvalue weighted by Crippen LogP contribution is 2.27. The van der Waals surface area contributed by atoms with Crippen LogP contribution in [0.4, 0.5) is 0 Å². The van der Waals surface area contributed by atoms with Crippen molar-refractivity contribution in [3.8, 4) is 11.5 Å². The van der Waals surface area contributed by atoms with E-state index >= 15 is 0 Å². The first kappa shape index (κ1) is 16.8. The van der Waals surface area contributed by atoms with Crippen LogP contribution in [0.5, 0.6) is 11.5 Å². The molecule has 0 fully saturated rings. The van der Waals surface area contributed by atoms with Gasteiger partial charge < -0.3 is 20.1 Å². The summed E-state index contributed by atoms with van der Waals surface area (Å²) in [7, 11) is 3.37. The van der Waals surface area contributed by atoms with Crippen molar-refractivity contribution in [3.63, 3.8) is 0 Å². The standard InChI is InChI=1S/C16H28N2O2/c1-12(2)9-17-10-13(3)18-11-14-15(19-4)7-6-8-16(14)20-5/h6-8,12-13,17-18H,9-11H2,1-5H3. The highest BCUT2D eigenvalue weighted by molar-refractivity contribution is 5.44. The van der Waals surface area contributed by atoms with Gasteiger partial charge in [-0.1, -0.05) is 19.9 Å². The van der Waals surface area contributed by atoms with Gasteiger partial charge in [0.15, 0.2) is 0 Å². The van der Waals surface area contributed by atoms with Gasteiger partial charge in [0.25, 0.3) is 0 Å². The Hall–Kier alpha value is -1.26. The molecule has 0 saturated carbocycles. The lowest BCUT2D eigenvalue weighted by Crippen LogP contribution is -2.37. The van der Waals surface area contributed by atoms with Crippen molar-refractivity contribution >= 4 is 0 Å². The van der Waals surface area contributed by atoms with Crippen LogP contribution in [0, 0.1) is 5.92 Å². The Morgan fingerprint density at radius 2 is 1.60 bits per heavy atom. The van der Waals surface area contributed by atoms with Crippen LogP contribution in [0.25, 0.3) is 0 Å². The van der Waals surface area contributed by atoms with Crippen LogP contribution in [0.15, 0.2) is 18.2 Å². The molecule has 1 rings (SSSR count). The minimum absolute atomic E-state index is 0.392. The van der Waals surface area contributed by atoms with Gasteiger partial charge in [-0.05, 0) is 31.5 Å². The molecule has 0 aliphatic rings. The number of benzene rings is 1. The third-order valence-corrected chi connectivity index (χ3v) is 3.16. The van der Waals surface area contributed by atoms with Crippen LogP contribution in [-0.4, -0.2) is 33.4 Å². The van der Waals surface area contributed by atoms with Crippen LogP contribution in [0.3, 0.4) is 0 Å². The zero-order valence-corrected chi connectivity index (χ0v) is 13.3. The molecule has 0 aliphatic carbocycles. The Labute approximate surface area is 122 Å². The molecule has 0 spiro atoms. The van der Waals surface area contributed by atoms with E-state index in [2.05, 4.69) is 31.4 Å². The summed E-state index contributed by atoms with van der Waals surface area (Å²) in [6.07, 6.45) is 0. The van der Waals surface area contributed by atoms with Gasteiger partial charge in [0.2, 0.25) is 0 Å². The smallest absolute Gasteiger partial charge is 0.127 e. The van der Waals surface area contributed by atoms with Gasteiger partial charge in [-0.2, -0.15) is 0 Å². The molecule has 1 aromatic carbocycles. The van der Waals surface area contributed by atoms with Crippen molar-refractivity contribution in [1.82, 2.24) is 10.6 Å². The summed E-state index contributed by atoms with van der Waals surface area (Å²) in [4.78, 5) is 0. The van der Waals surface area contributed by atoms with Crippen molar-refractivity contribution in [1.29, 1.82) is 0 Å². The summed E-state index contributed by atoms with van der Waals surface area (Å²) in [5.41, 5.74) is 1.06. The SMILES string of the molecule is COc1cccc(OC)c1CNC(C)CNCC(C)C. The molecule has 0 heterocycles. The minimum atomic E-state index is 0.392. The molecule has 0 saturated heterocycles. The van der Waals surface area contributed by atoms with Gasteiger partial charge in [0.1, 0.15) is 11.5 Å². The third kappa shape index (κ3) is 5.39. The molecular formula is C16H28N2O2. The second-order valence-electron chi connectivity index (χ2n) is 5.48. The molecule has 1 unspecified atom stereocenters. The summed E-state index contributed by atoms with van der Waals surface area (Å²) in [5, 5.41) is 6.95. The van der Waals surface area contributed by atoms with Crippen molar-refractivity contribution in [3.05, 3.63) is 23.8 Å². The summed E-state index contributed by atoms with van der Waals surface area (Å²) < 4.78 is 10.8. The zero-order valence-electron chi connectivity index (χ0n) is 13.3. The van der Waals surface area contributed by atoms with E-state index in [0.29, 0.717) is 12.0 Å². The van der Waals surface area contributed by atoms with E-state index in [0.717, 1.165) is 36.7 Å². The number of hydrogen-bond acceptors (Lipinski definition) is 4. The van der Waals surface area contributed by atoms with Gasteiger partial charge >= 0.3 is 0 Å². The fourth-order valence-electron chi connectivity index (χ4n) is 2.04. The first-order chi connectivity index (χ1) is 9.58. The second-order valence-corrected chi connectivity index (χ2v) is 5.48. The Bertz CT molecular complexity index is 372. The molecule has 2 N–H and O–H groups in total. The quantitative estimate of drug-likeness (QED) is 0.729. The van der Waals surface area contributed by atoms with Gasteiger partial charge in [-0.25, -0.2) is 0 Å². The summed E-state index contributed by atoms with van der Waals surface area (Å²) >= 11 is 0. The molecule has 4 heteroatoms. The van der Waals surface area contributed by atoms with Crippen LogP contribution in [-0.2, 0) is 6.54 Å². The minimum Gasteiger partial charge on any atom is -0.496 e. The van der Waals surface area contributed by atoms with E-state index in [1.807, 2.05) is 18.2 Å². The van der Waals surface area contributed by atoms with Crippen molar-refractivity contribution in [2.24, 2.45) is 5.92 Å². The lowest BCUT2D eigenvalue weighted by molar-refractivity contribution is 0.378. The van der Waals surface area contributed by atoms with Crippen molar-refractivity contribution in [2.45, 2.75) is 33.4 Å². The van der Waals surface area contributed by atoms with Crippen LogP contribution >= 0.6 is 0 Å². The summed E-state index contributed by atoms with van der Waals surface area (Å²) in [6.45, 7) is 9.34. The van der Waals surface area contributed by atoms with E-state index < -0.39 is 0 Å². The van der Waals surface area contributed by atoms with Gasteiger partial charge in [-0.15, -0.1) is 0 Å². The maximum absolute atomic E-state index is 5.40. The summed E-state index contributed by atoms with van der Waals surface area (Å²) in [6, 6.07) is 6.25. The van der Waals surface area contributed by atoms with E-state index in [1.54, 1.807) is 14.2 Å². The predicted octanol–water partition coefficient (Wildman–Crippen LogP) is 2.43. The van der Waals surface area contributed by atoms with Crippen LogP contribution in [0.2, 0.25) is 0 Å². The Balaban J connectivity index is 2.52. The molecule has 114 valence electrons. The average molecular weight is 280 g/mol. The van der Waals surface area contributed by atoms with Gasteiger partial charge in [0, 0.05) is 24.7 Å². The van der Waals surface area contributed by atoms with Crippen LogP contribution < -0.4 is 20.1 Å². The Morgan fingerprint density at radius 1 is 1.00 bits per heavy atom. The lowest BCUT2D eigenvalue weighted by atomic mass is 10.1. The first-order valence-corrected chi connectivity index (χ1v) is 7.22. The predicted molar refractivity (Wildman–Crippen MR) is 83.6 cm³/mol. The van der Waals surface area contributed by atoms with Crippen molar-refractivity contribution in [2.75, 3.05) is 27.3 Å². The molecule has 0 radical (unpaired) electrons. The third-order valence-electron chi connectivity index (χ3n) is 3.16. The number of rotatable bonds is 9. The lowest BCUT2D eigenvalue weighted by Gasteiger charge is -2.18. The monoisotopic (exact) mass is 280 g/mol. The molecule has 1 aromatic rings. The number of hydrogen-bond donors (Lipinski definition) is 2. The Kier molecular flexibility index (Phi) is 7.41. The second kappa shape index (κ2) is 8.82. The average Bonchev–Trinajstić information content (AvgIpc) is 2.44. The van der Waals surface area contributed by atoms with Crippen molar-refractivity contribution < 1.29 is 9.47 Å². The normalized spacial score (nSPS) is 12.5. The number of methoxy groups -OCH3 is 2. The maximum Gasteiger partial charge on any atom is 0.127 e. The first-order valence-electron chi connectivity index (χ1n) is 7.22. The molecular weight excluding hydrogens is 252 g/mol. The fourth-order valence-corrected chi connectivity index (χ4v) is 2.04. The van der Waals surface area contributed by atoms with E-state index in [4.69, 9.17) is 9.47 Å². The molecule has 20 heavy (non-hydrogen) atoms. The maximum atomic E-state index is 5.40. The molecule has 0 bridgehead atoms. The number of nitrogens with one attached hydrogen (secondary N) is 2. The fraction of sp³-hybridized carbons (Fsp3) is 0.625. The van der Waals surface area contributed by atoms with E-state index in [9.17, 15) is 0 Å². The van der Waals surface area contributed by atoms with E-state index in [-0.39, 0.29) is 0 Å². The summed E-state index contributed by atoms with van der Waals surface area (Å²) in [5.74, 6) is 2.40. The molecule has 1 atom stereocenters. The molecule has 0 aromatic heterocycles. The zero-order chi connectivity index (χ0) is 15.0. The highest BCUT2D eigenvalue weighted by Gasteiger charge is 2.10. The van der Waals surface area contributed by atoms with Crippen LogP contribution in [0.1, 0.15) is 26.3 Å². The topological polar surface area (TPSA) is 42.5 Å². The molecule has 0 amide bonds.